The fourth-order valence-corrected chi connectivity index (χ4v) is 3.54. The van der Waals surface area contributed by atoms with Crippen molar-refractivity contribution in [3.05, 3.63) is 35.4 Å². The normalized spacial score (nSPS) is 20.2. The zero-order valence-electron chi connectivity index (χ0n) is 15.9. The lowest BCUT2D eigenvalue weighted by Gasteiger charge is -2.32. The van der Waals surface area contributed by atoms with Crippen molar-refractivity contribution in [3.63, 3.8) is 0 Å². The maximum atomic E-state index is 4.83. The Morgan fingerprint density at radius 1 is 0.960 bits per heavy atom. The van der Waals surface area contributed by atoms with E-state index < -0.39 is 0 Å². The number of nitrogens with one attached hydrogen (secondary N) is 1. The molecule has 1 N–H and O–H groups in total. The molecule has 5 heteroatoms. The number of hydrogen-bond donors (Lipinski definition) is 1. The number of nitrogens with zero attached hydrogens (tertiary/aromatic N) is 4. The van der Waals surface area contributed by atoms with E-state index in [1.54, 1.807) is 0 Å². The molecule has 0 saturated carbocycles. The molecule has 2 heterocycles. The van der Waals surface area contributed by atoms with Crippen molar-refractivity contribution >= 4 is 5.96 Å². The van der Waals surface area contributed by atoms with Crippen molar-refractivity contribution in [2.45, 2.75) is 32.9 Å². The van der Waals surface area contributed by atoms with Crippen molar-refractivity contribution in [1.82, 2.24) is 20.0 Å². The van der Waals surface area contributed by atoms with E-state index >= 15 is 0 Å². The fraction of sp³-hybridized carbons (Fsp3) is 0.650. The summed E-state index contributed by atoms with van der Waals surface area (Å²) in [5.74, 6) is 1.07. The lowest BCUT2D eigenvalue weighted by molar-refractivity contribution is 0.148. The zero-order chi connectivity index (χ0) is 17.5. The first-order chi connectivity index (χ1) is 12.2. The van der Waals surface area contributed by atoms with Crippen LogP contribution in [-0.4, -0.2) is 73.5 Å². The van der Waals surface area contributed by atoms with E-state index in [1.807, 2.05) is 0 Å². The summed E-state index contributed by atoms with van der Waals surface area (Å²) in [5, 5.41) is 3.43. The van der Waals surface area contributed by atoms with E-state index in [0.29, 0.717) is 0 Å². The maximum absolute atomic E-state index is 4.83. The summed E-state index contributed by atoms with van der Waals surface area (Å²) in [6.07, 6.45) is 2.57. The third-order valence-electron chi connectivity index (χ3n) is 5.18. The Labute approximate surface area is 152 Å². The average molecular weight is 344 g/mol. The van der Waals surface area contributed by atoms with Crippen molar-refractivity contribution in [2.24, 2.45) is 4.99 Å². The van der Waals surface area contributed by atoms with E-state index in [0.717, 1.165) is 38.7 Å². The maximum Gasteiger partial charge on any atom is 0.194 e. The van der Waals surface area contributed by atoms with E-state index in [9.17, 15) is 0 Å². The first-order valence-corrected chi connectivity index (χ1v) is 9.76. The predicted molar refractivity (Wildman–Crippen MR) is 105 cm³/mol. The topological polar surface area (TPSA) is 34.1 Å². The fourth-order valence-electron chi connectivity index (χ4n) is 3.54. The Morgan fingerprint density at radius 3 is 2.24 bits per heavy atom. The monoisotopic (exact) mass is 343 g/mol. The molecule has 0 atom stereocenters. The second-order valence-corrected chi connectivity index (χ2v) is 7.26. The zero-order valence-corrected chi connectivity index (χ0v) is 15.9. The summed E-state index contributed by atoms with van der Waals surface area (Å²) in [4.78, 5) is 12.2. The molecule has 0 aliphatic carbocycles. The molecular weight excluding hydrogens is 310 g/mol. The predicted octanol–water partition coefficient (Wildman–Crippen LogP) is 2.00. The summed E-state index contributed by atoms with van der Waals surface area (Å²) in [7, 11) is 2.20. The van der Waals surface area contributed by atoms with Crippen molar-refractivity contribution in [1.29, 1.82) is 0 Å². The van der Waals surface area contributed by atoms with Gasteiger partial charge in [-0.2, -0.15) is 0 Å². The lowest BCUT2D eigenvalue weighted by atomic mass is 10.1. The van der Waals surface area contributed by atoms with Crippen LogP contribution in [0.4, 0.5) is 0 Å². The number of rotatable bonds is 5. The van der Waals surface area contributed by atoms with Crippen LogP contribution < -0.4 is 5.32 Å². The summed E-state index contributed by atoms with van der Waals surface area (Å²) < 4.78 is 0. The number of likely N-dealkylation sites (tertiary alicyclic amines) is 1. The van der Waals surface area contributed by atoms with Crippen LogP contribution >= 0.6 is 0 Å². The van der Waals surface area contributed by atoms with Crippen molar-refractivity contribution in [2.75, 3.05) is 52.9 Å². The molecule has 2 fully saturated rings. The standard InChI is InChI=1S/C20H33N5/c1-3-21-20(25-10-4-5-11-25)22-16-18-6-8-19(9-7-18)17-24-14-12-23(2)13-15-24/h6-9H,3-5,10-17H2,1-2H3,(H,21,22). The molecule has 0 unspecified atom stereocenters. The minimum Gasteiger partial charge on any atom is -0.357 e. The van der Waals surface area contributed by atoms with E-state index in [2.05, 4.69) is 58.3 Å². The van der Waals surface area contributed by atoms with E-state index in [1.165, 1.54) is 50.1 Å². The second-order valence-electron chi connectivity index (χ2n) is 7.26. The number of piperazine rings is 1. The van der Waals surface area contributed by atoms with Gasteiger partial charge in [-0.05, 0) is 37.9 Å². The number of guanidine groups is 1. The largest absolute Gasteiger partial charge is 0.357 e. The van der Waals surface area contributed by atoms with Gasteiger partial charge in [0.05, 0.1) is 6.54 Å². The van der Waals surface area contributed by atoms with Crippen LogP contribution in [0.2, 0.25) is 0 Å². The van der Waals surface area contributed by atoms with Gasteiger partial charge in [-0.3, -0.25) is 4.90 Å². The summed E-state index contributed by atoms with van der Waals surface area (Å²) >= 11 is 0. The van der Waals surface area contributed by atoms with Gasteiger partial charge in [-0.25, -0.2) is 4.99 Å². The van der Waals surface area contributed by atoms with Gasteiger partial charge in [0.1, 0.15) is 0 Å². The first kappa shape index (κ1) is 18.2. The van der Waals surface area contributed by atoms with Gasteiger partial charge in [0, 0.05) is 52.4 Å². The highest BCUT2D eigenvalue weighted by Crippen LogP contribution is 2.12. The van der Waals surface area contributed by atoms with Crippen molar-refractivity contribution < 1.29 is 0 Å². The van der Waals surface area contributed by atoms with Crippen molar-refractivity contribution in [3.8, 4) is 0 Å². The van der Waals surface area contributed by atoms with Gasteiger partial charge in [0.15, 0.2) is 5.96 Å². The molecule has 0 amide bonds. The molecule has 5 nitrogen and oxygen atoms in total. The molecule has 138 valence electrons. The van der Waals surface area contributed by atoms with Crippen LogP contribution in [0.5, 0.6) is 0 Å². The SMILES string of the molecule is CCNC(=NCc1ccc(CN2CCN(C)CC2)cc1)N1CCCC1. The molecular formula is C20H33N5. The lowest BCUT2D eigenvalue weighted by Crippen LogP contribution is -2.43. The molecule has 3 rings (SSSR count). The summed E-state index contributed by atoms with van der Waals surface area (Å²) in [5.41, 5.74) is 2.69. The molecule has 0 spiro atoms. The second kappa shape index (κ2) is 9.20. The Bertz CT molecular complexity index is 540. The molecule has 2 aliphatic heterocycles. The van der Waals surface area contributed by atoms with Crippen LogP contribution in [0, 0.1) is 0 Å². The number of aliphatic imine (C=N–C) groups is 1. The number of likely N-dealkylation sites (N-methyl/N-ethyl adjacent to an activating group) is 1. The minimum absolute atomic E-state index is 0.758. The summed E-state index contributed by atoms with van der Waals surface area (Å²) in [6, 6.07) is 9.02. The quantitative estimate of drug-likeness (QED) is 0.655. The Hall–Kier alpha value is -1.59. The van der Waals surface area contributed by atoms with Crippen LogP contribution in [-0.2, 0) is 13.1 Å². The molecule has 1 aromatic carbocycles. The third kappa shape index (κ3) is 5.44. The van der Waals surface area contributed by atoms with Gasteiger partial charge in [-0.1, -0.05) is 24.3 Å². The van der Waals surface area contributed by atoms with Gasteiger partial charge < -0.3 is 15.1 Å². The van der Waals surface area contributed by atoms with E-state index in [-0.39, 0.29) is 0 Å². The molecule has 0 bridgehead atoms. The highest BCUT2D eigenvalue weighted by Gasteiger charge is 2.15. The molecule has 25 heavy (non-hydrogen) atoms. The van der Waals surface area contributed by atoms with Gasteiger partial charge in [-0.15, -0.1) is 0 Å². The molecule has 0 radical (unpaired) electrons. The number of benzene rings is 1. The molecule has 1 aromatic rings. The Kier molecular flexibility index (Phi) is 6.70. The van der Waals surface area contributed by atoms with Gasteiger partial charge in [0.2, 0.25) is 0 Å². The van der Waals surface area contributed by atoms with Gasteiger partial charge >= 0.3 is 0 Å². The molecule has 2 saturated heterocycles. The third-order valence-corrected chi connectivity index (χ3v) is 5.18. The van der Waals surface area contributed by atoms with Crippen LogP contribution in [0.3, 0.4) is 0 Å². The smallest absolute Gasteiger partial charge is 0.194 e. The van der Waals surface area contributed by atoms with Crippen LogP contribution in [0.15, 0.2) is 29.3 Å². The van der Waals surface area contributed by atoms with Crippen LogP contribution in [0.1, 0.15) is 30.9 Å². The number of hydrogen-bond acceptors (Lipinski definition) is 3. The molecule has 0 aromatic heterocycles. The van der Waals surface area contributed by atoms with E-state index in [4.69, 9.17) is 4.99 Å². The first-order valence-electron chi connectivity index (χ1n) is 9.76. The average Bonchev–Trinajstić information content (AvgIpc) is 3.16. The molecule has 2 aliphatic rings. The summed E-state index contributed by atoms with van der Waals surface area (Å²) in [6.45, 7) is 11.9. The minimum atomic E-state index is 0.758. The van der Waals surface area contributed by atoms with Crippen LogP contribution in [0.25, 0.3) is 0 Å². The highest BCUT2D eigenvalue weighted by molar-refractivity contribution is 5.80. The highest BCUT2D eigenvalue weighted by atomic mass is 15.3. The Balaban J connectivity index is 1.53. The Morgan fingerprint density at radius 2 is 1.60 bits per heavy atom. The van der Waals surface area contributed by atoms with Gasteiger partial charge in [0.25, 0.3) is 0 Å².